The van der Waals surface area contributed by atoms with Gasteiger partial charge in [0.1, 0.15) is 18.8 Å². The SMILES string of the molecule is CC/C=C\C/C=C\C/C=C\C/C=C\C/C=C\CCCC(=O)OCC(COC1OC(C(=O)O)C(O)C(O)C1OC(=O)CCCCCCCCCCCCC)OC(=O)CCCCCCCCCCCCCCC. The zero-order valence-electron chi connectivity index (χ0n) is 44.7. The molecule has 1 saturated heterocycles. The molecule has 1 heterocycles. The number of carbonyl (C=O) groups is 4. The Morgan fingerprint density at radius 2 is 0.887 bits per heavy atom. The van der Waals surface area contributed by atoms with Crippen molar-refractivity contribution in [3.05, 3.63) is 60.8 Å². The van der Waals surface area contributed by atoms with Gasteiger partial charge in [-0.25, -0.2) is 4.79 Å². The first kappa shape index (κ1) is 65.4. The first-order valence-electron chi connectivity index (χ1n) is 28.3. The second-order valence-corrected chi connectivity index (χ2v) is 19.2. The van der Waals surface area contributed by atoms with Crippen LogP contribution in [0.3, 0.4) is 0 Å². The number of aliphatic hydroxyl groups is 2. The molecule has 1 aliphatic rings. The topological polar surface area (TPSA) is 175 Å². The summed E-state index contributed by atoms with van der Waals surface area (Å²) in [6.45, 7) is 5.81. The number of unbranched alkanes of at least 4 members (excludes halogenated alkanes) is 23. The molecule has 0 spiro atoms. The van der Waals surface area contributed by atoms with E-state index in [4.69, 9.17) is 23.7 Å². The van der Waals surface area contributed by atoms with Crippen LogP contribution in [0, 0.1) is 0 Å². The number of aliphatic carboxylic acids is 1. The number of rotatable bonds is 47. The van der Waals surface area contributed by atoms with E-state index in [-0.39, 0.29) is 25.9 Å². The van der Waals surface area contributed by atoms with E-state index in [0.29, 0.717) is 25.7 Å². The molecule has 1 fully saturated rings. The highest BCUT2D eigenvalue weighted by Crippen LogP contribution is 2.26. The van der Waals surface area contributed by atoms with E-state index in [1.807, 2.05) is 6.08 Å². The molecule has 71 heavy (non-hydrogen) atoms. The molecule has 0 bridgehead atoms. The zero-order chi connectivity index (χ0) is 51.8. The summed E-state index contributed by atoms with van der Waals surface area (Å²) < 4.78 is 28.3. The van der Waals surface area contributed by atoms with Crippen molar-refractivity contribution >= 4 is 23.9 Å². The lowest BCUT2D eigenvalue weighted by Crippen LogP contribution is -2.61. The minimum Gasteiger partial charge on any atom is -0.479 e. The van der Waals surface area contributed by atoms with Gasteiger partial charge in [-0.3, -0.25) is 14.4 Å². The van der Waals surface area contributed by atoms with Crippen molar-refractivity contribution in [1.29, 1.82) is 0 Å². The quantitative estimate of drug-likeness (QED) is 0.0228. The van der Waals surface area contributed by atoms with Gasteiger partial charge in [0, 0.05) is 19.3 Å². The Kier molecular flexibility index (Phi) is 43.7. The first-order chi connectivity index (χ1) is 34.6. The van der Waals surface area contributed by atoms with Crippen molar-refractivity contribution < 1.29 is 58.2 Å². The van der Waals surface area contributed by atoms with Crippen LogP contribution in [0.5, 0.6) is 0 Å². The standard InChI is InChI=1S/C59H100O12/c1-4-7-10-13-16-19-22-24-25-26-27-29-31-33-36-39-42-45-51(60)67-48-50(69-52(61)46-43-40-37-35-32-28-23-20-17-14-11-8-5-2)49-68-59-57(55(64)54(63)56(71-59)58(65)66)70-53(62)47-44-41-38-34-30-21-18-15-12-9-6-3/h7,10,16,19,24-25,27,29,33,36,50,54-57,59,63-64H,4-6,8-9,11-15,17-18,20-23,26,28,30-32,34-35,37-49H2,1-3H3,(H,65,66)/b10-7-,19-16-,25-24-,29-27-,36-33-. The summed E-state index contributed by atoms with van der Waals surface area (Å²) >= 11 is 0. The summed E-state index contributed by atoms with van der Waals surface area (Å²) in [5, 5.41) is 31.4. The maximum atomic E-state index is 13.1. The molecule has 0 amide bonds. The van der Waals surface area contributed by atoms with Crippen LogP contribution in [0.15, 0.2) is 60.8 Å². The van der Waals surface area contributed by atoms with Gasteiger partial charge in [0.25, 0.3) is 0 Å². The third-order valence-electron chi connectivity index (χ3n) is 12.6. The largest absolute Gasteiger partial charge is 0.479 e. The monoisotopic (exact) mass is 1000 g/mol. The molecule has 0 aliphatic carbocycles. The van der Waals surface area contributed by atoms with Gasteiger partial charge in [-0.1, -0.05) is 223 Å². The summed E-state index contributed by atoms with van der Waals surface area (Å²) in [7, 11) is 0. The van der Waals surface area contributed by atoms with E-state index in [2.05, 4.69) is 75.5 Å². The molecule has 0 aromatic rings. The molecule has 1 rings (SSSR count). The van der Waals surface area contributed by atoms with Gasteiger partial charge in [-0.05, 0) is 57.8 Å². The third kappa shape index (κ3) is 37.8. The van der Waals surface area contributed by atoms with E-state index >= 15 is 0 Å². The number of aliphatic hydroxyl groups excluding tert-OH is 2. The van der Waals surface area contributed by atoms with Crippen molar-refractivity contribution in [2.24, 2.45) is 0 Å². The smallest absolute Gasteiger partial charge is 0.335 e. The molecule has 6 atom stereocenters. The highest BCUT2D eigenvalue weighted by Gasteiger charge is 2.50. The van der Waals surface area contributed by atoms with Gasteiger partial charge in [0.05, 0.1) is 6.61 Å². The third-order valence-corrected chi connectivity index (χ3v) is 12.6. The predicted octanol–water partition coefficient (Wildman–Crippen LogP) is 14.0. The van der Waals surface area contributed by atoms with E-state index in [1.165, 1.54) is 96.3 Å². The van der Waals surface area contributed by atoms with Crippen molar-refractivity contribution in [2.45, 2.75) is 276 Å². The van der Waals surface area contributed by atoms with Crippen LogP contribution in [-0.2, 0) is 42.9 Å². The van der Waals surface area contributed by atoms with Crippen molar-refractivity contribution in [3.63, 3.8) is 0 Å². The second-order valence-electron chi connectivity index (χ2n) is 19.2. The lowest BCUT2D eigenvalue weighted by Gasteiger charge is -2.40. The Bertz CT molecular complexity index is 1470. The van der Waals surface area contributed by atoms with Crippen LogP contribution in [0.1, 0.15) is 239 Å². The lowest BCUT2D eigenvalue weighted by atomic mass is 9.98. The van der Waals surface area contributed by atoms with Crippen molar-refractivity contribution in [2.75, 3.05) is 13.2 Å². The van der Waals surface area contributed by atoms with Crippen LogP contribution >= 0.6 is 0 Å². The number of hydrogen-bond acceptors (Lipinski definition) is 11. The number of esters is 3. The molecule has 408 valence electrons. The number of hydrogen-bond donors (Lipinski definition) is 3. The first-order valence-corrected chi connectivity index (χ1v) is 28.3. The maximum Gasteiger partial charge on any atom is 0.335 e. The molecular formula is C59H100O12. The average molecular weight is 1000 g/mol. The number of ether oxygens (including phenoxy) is 5. The number of carboxylic acids is 1. The molecule has 1 aliphatic heterocycles. The Morgan fingerprint density at radius 3 is 1.34 bits per heavy atom. The second kappa shape index (κ2) is 47.4. The highest BCUT2D eigenvalue weighted by atomic mass is 16.7. The van der Waals surface area contributed by atoms with Crippen LogP contribution in [0.25, 0.3) is 0 Å². The highest BCUT2D eigenvalue weighted by molar-refractivity contribution is 5.74. The number of allylic oxidation sites excluding steroid dienone is 10. The zero-order valence-corrected chi connectivity index (χ0v) is 44.7. The summed E-state index contributed by atoms with van der Waals surface area (Å²) in [4.78, 5) is 50.9. The van der Waals surface area contributed by atoms with E-state index in [1.54, 1.807) is 0 Å². The lowest BCUT2D eigenvalue weighted by molar-refractivity contribution is -0.301. The van der Waals surface area contributed by atoms with Gasteiger partial charge in [0.2, 0.25) is 0 Å². The summed E-state index contributed by atoms with van der Waals surface area (Å²) in [5.74, 6) is -3.19. The minimum absolute atomic E-state index is 0.0574. The Morgan fingerprint density at radius 1 is 0.479 bits per heavy atom. The normalized spacial score (nSPS) is 18.9. The summed E-state index contributed by atoms with van der Waals surface area (Å²) in [6.07, 6.45) is 44.9. The van der Waals surface area contributed by atoms with Crippen LogP contribution in [0.4, 0.5) is 0 Å². The summed E-state index contributed by atoms with van der Waals surface area (Å²) in [6, 6.07) is 0. The van der Waals surface area contributed by atoms with E-state index in [9.17, 15) is 34.5 Å². The fourth-order valence-corrected chi connectivity index (χ4v) is 8.29. The average Bonchev–Trinajstić information content (AvgIpc) is 3.35. The van der Waals surface area contributed by atoms with Gasteiger partial charge in [-0.15, -0.1) is 0 Å². The van der Waals surface area contributed by atoms with Crippen molar-refractivity contribution in [1.82, 2.24) is 0 Å². The molecule has 0 aromatic heterocycles. The summed E-state index contributed by atoms with van der Waals surface area (Å²) in [5.41, 5.74) is 0. The van der Waals surface area contributed by atoms with Crippen LogP contribution in [0.2, 0.25) is 0 Å². The molecule has 12 heteroatoms. The molecular weight excluding hydrogens is 901 g/mol. The molecule has 0 radical (unpaired) electrons. The Balaban J connectivity index is 2.74. The van der Waals surface area contributed by atoms with E-state index < -0.39 is 67.3 Å². The van der Waals surface area contributed by atoms with Gasteiger partial charge in [-0.2, -0.15) is 0 Å². The Hall–Kier alpha value is -3.58. The van der Waals surface area contributed by atoms with Crippen molar-refractivity contribution in [3.8, 4) is 0 Å². The van der Waals surface area contributed by atoms with Crippen LogP contribution < -0.4 is 0 Å². The fraction of sp³-hybridized carbons (Fsp3) is 0.763. The Labute approximate surface area is 430 Å². The fourth-order valence-electron chi connectivity index (χ4n) is 8.29. The minimum atomic E-state index is -1.91. The number of carbonyl (C=O) groups excluding carboxylic acids is 3. The van der Waals surface area contributed by atoms with E-state index in [0.717, 1.165) is 77.0 Å². The van der Waals surface area contributed by atoms with Gasteiger partial charge < -0.3 is 39.0 Å². The molecule has 3 N–H and O–H groups in total. The predicted molar refractivity (Wildman–Crippen MR) is 285 cm³/mol. The van der Waals surface area contributed by atoms with Gasteiger partial charge in [0.15, 0.2) is 24.6 Å². The molecule has 6 unspecified atom stereocenters. The van der Waals surface area contributed by atoms with Crippen LogP contribution in [-0.4, -0.2) is 89.2 Å². The molecule has 12 nitrogen and oxygen atoms in total. The maximum absolute atomic E-state index is 13.1. The van der Waals surface area contributed by atoms with Gasteiger partial charge >= 0.3 is 23.9 Å². The molecule has 0 aromatic carbocycles. The number of carboxylic acid groups (broad SMARTS) is 1. The molecule has 0 saturated carbocycles.